The fraction of sp³-hybridized carbons (Fsp3) is 0.636. The maximum Gasteiger partial charge on any atom is -1.00 e. The zero-order valence-electron chi connectivity index (χ0n) is 18.2. The quantitative estimate of drug-likeness (QED) is 0.377. The van der Waals surface area contributed by atoms with Crippen LogP contribution in [0.4, 0.5) is 0 Å². The van der Waals surface area contributed by atoms with Crippen LogP contribution in [0, 0.1) is 10.8 Å². The molecule has 1 aliphatic heterocycles. The van der Waals surface area contributed by atoms with Crippen molar-refractivity contribution < 1.29 is 47.7 Å². The van der Waals surface area contributed by atoms with Crippen LogP contribution < -0.4 is 24.8 Å². The first kappa shape index (κ1) is 24.7. The Bertz CT molecular complexity index is 688. The number of halogens is 2. The van der Waals surface area contributed by atoms with Gasteiger partial charge in [-0.2, -0.15) is 0 Å². The predicted molar refractivity (Wildman–Crippen MR) is 105 cm³/mol. The van der Waals surface area contributed by atoms with E-state index in [9.17, 15) is 0 Å². The third kappa shape index (κ3) is 3.74. The van der Waals surface area contributed by atoms with Gasteiger partial charge < -0.3 is 24.8 Å². The first-order valence-electron chi connectivity index (χ1n) is 9.41. The van der Waals surface area contributed by atoms with Crippen LogP contribution in [0.3, 0.4) is 0 Å². The van der Waals surface area contributed by atoms with Crippen molar-refractivity contribution in [2.45, 2.75) is 81.3 Å². The molecule has 0 fully saturated rings. The Labute approximate surface area is 186 Å². The molecule has 0 spiro atoms. The van der Waals surface area contributed by atoms with Crippen molar-refractivity contribution in [1.82, 2.24) is 0 Å². The van der Waals surface area contributed by atoms with Gasteiger partial charge in [0.2, 0.25) is 0 Å². The Hall–Kier alpha value is 0.627. The SMILES string of the molecule is CC1=[C]2CC(C(C)(C)C)=C1[Si](C)(C)C1=C(C(C)(C)C)C[C](=C1C)[Hf+2]2.[Cl-].[Cl-]. The summed E-state index contributed by atoms with van der Waals surface area (Å²) in [5.74, 6) is 0. The molecule has 0 N–H and O–H groups in total. The van der Waals surface area contributed by atoms with E-state index in [1.54, 1.807) is 22.3 Å². The van der Waals surface area contributed by atoms with E-state index in [2.05, 4.69) is 68.5 Å². The molecule has 4 heteroatoms. The molecule has 0 saturated carbocycles. The molecular weight excluding hydrogens is 542 g/mol. The maximum absolute atomic E-state index is 2.65. The van der Waals surface area contributed by atoms with Crippen molar-refractivity contribution in [1.29, 1.82) is 0 Å². The van der Waals surface area contributed by atoms with E-state index in [1.807, 2.05) is 17.1 Å². The molecular formula is C22H34Cl2HfSi. The zero-order valence-corrected chi connectivity index (χ0v) is 24.3. The van der Waals surface area contributed by atoms with Crippen molar-refractivity contribution in [3.8, 4) is 0 Å². The van der Waals surface area contributed by atoms with Crippen molar-refractivity contribution in [2.24, 2.45) is 10.8 Å². The largest absolute Gasteiger partial charge is 1.00 e. The Morgan fingerprint density at radius 3 is 1.27 bits per heavy atom. The average molecular weight is 576 g/mol. The van der Waals surface area contributed by atoms with Gasteiger partial charge in [0.1, 0.15) is 0 Å². The van der Waals surface area contributed by atoms with Gasteiger partial charge in [-0.25, -0.2) is 0 Å². The third-order valence-corrected chi connectivity index (χ3v) is 16.3. The van der Waals surface area contributed by atoms with Crippen LogP contribution in [-0.2, 0) is 22.9 Å². The zero-order chi connectivity index (χ0) is 18.2. The summed E-state index contributed by atoms with van der Waals surface area (Å²) >= 11 is -0.854. The van der Waals surface area contributed by atoms with Crippen LogP contribution in [0.25, 0.3) is 0 Å². The summed E-state index contributed by atoms with van der Waals surface area (Å²) in [6.45, 7) is 24.9. The van der Waals surface area contributed by atoms with Crippen molar-refractivity contribution >= 4 is 8.07 Å². The van der Waals surface area contributed by atoms with Crippen molar-refractivity contribution in [3.63, 3.8) is 0 Å². The van der Waals surface area contributed by atoms with E-state index in [1.165, 1.54) is 12.8 Å². The van der Waals surface area contributed by atoms with Gasteiger partial charge in [-0.05, 0) is 0 Å². The molecule has 3 aliphatic rings. The monoisotopic (exact) mass is 576 g/mol. The van der Waals surface area contributed by atoms with Crippen LogP contribution in [0.15, 0.2) is 39.3 Å². The van der Waals surface area contributed by atoms with Gasteiger partial charge in [0.05, 0.1) is 0 Å². The number of hydrogen-bond donors (Lipinski definition) is 0. The molecule has 0 nitrogen and oxygen atoms in total. The van der Waals surface area contributed by atoms with E-state index < -0.39 is 31.0 Å². The van der Waals surface area contributed by atoms with E-state index in [-0.39, 0.29) is 24.8 Å². The van der Waals surface area contributed by atoms with E-state index >= 15 is 0 Å². The molecule has 0 atom stereocenters. The molecule has 0 unspecified atom stereocenters. The molecule has 0 aromatic carbocycles. The Kier molecular flexibility index (Phi) is 7.08. The topological polar surface area (TPSA) is 0 Å². The standard InChI is InChI=1S/C22H34Si.2ClH.Hf/c1-15-11-13-17(21(3,4)5)19(15)23(9,10)20-16(2)12-14-18(20)22(6,7)8;;;/h13-14H2,1-10H3;2*1H;/q;;;+2/p-2. The van der Waals surface area contributed by atoms with Crippen LogP contribution in [0.2, 0.25) is 13.1 Å². The molecule has 3 rings (SSSR count). The van der Waals surface area contributed by atoms with Gasteiger partial charge >= 0.3 is 162 Å². The molecule has 1 heterocycles. The summed E-state index contributed by atoms with van der Waals surface area (Å²) in [5, 5.41) is 3.68. The maximum atomic E-state index is 2.65. The Morgan fingerprint density at radius 1 is 0.692 bits per heavy atom. The molecule has 0 amide bonds. The number of fused-ring (bicyclic) bond motifs is 2. The normalized spacial score (nSPS) is 21.8. The van der Waals surface area contributed by atoms with Gasteiger partial charge in [0.25, 0.3) is 0 Å². The molecule has 0 aromatic heterocycles. The second kappa shape index (κ2) is 7.47. The Morgan fingerprint density at radius 2 is 1.00 bits per heavy atom. The van der Waals surface area contributed by atoms with Gasteiger partial charge in [-0.15, -0.1) is 0 Å². The third-order valence-electron chi connectivity index (χ3n) is 6.33. The first-order chi connectivity index (χ1) is 10.8. The van der Waals surface area contributed by atoms with Crippen molar-refractivity contribution in [3.05, 3.63) is 39.3 Å². The minimum atomic E-state index is -1.65. The van der Waals surface area contributed by atoms with Gasteiger partial charge in [0, 0.05) is 0 Å². The molecule has 2 aliphatic carbocycles. The van der Waals surface area contributed by atoms with Crippen LogP contribution in [0.1, 0.15) is 68.2 Å². The van der Waals surface area contributed by atoms with Crippen LogP contribution in [-0.4, -0.2) is 8.07 Å². The fourth-order valence-corrected chi connectivity index (χ4v) is 16.3. The van der Waals surface area contributed by atoms with E-state index in [4.69, 9.17) is 0 Å². The number of allylic oxidation sites excluding steroid dienone is 8. The second-order valence-corrected chi connectivity index (χ2v) is 20.0. The van der Waals surface area contributed by atoms with Gasteiger partial charge in [-0.3, -0.25) is 0 Å². The predicted octanol–water partition coefficient (Wildman–Crippen LogP) is 0.918. The fourth-order valence-electron chi connectivity index (χ4n) is 5.11. The van der Waals surface area contributed by atoms with E-state index in [0.29, 0.717) is 10.8 Å². The van der Waals surface area contributed by atoms with Crippen LogP contribution in [0.5, 0.6) is 0 Å². The average Bonchev–Trinajstić information content (AvgIpc) is 2.90. The van der Waals surface area contributed by atoms with E-state index in [0.717, 1.165) is 0 Å². The first-order valence-corrected chi connectivity index (χ1v) is 16.0. The summed E-state index contributed by atoms with van der Waals surface area (Å²) in [4.78, 5) is 0. The molecule has 4 bridgehead atoms. The number of rotatable bonds is 0. The Balaban J connectivity index is 0.00000169. The van der Waals surface area contributed by atoms with Gasteiger partial charge in [0.15, 0.2) is 0 Å². The molecule has 0 aromatic rings. The molecule has 26 heavy (non-hydrogen) atoms. The minimum Gasteiger partial charge on any atom is -1.00 e. The molecule has 0 radical (unpaired) electrons. The summed E-state index contributed by atoms with van der Waals surface area (Å²) in [5.41, 5.74) is 7.71. The summed E-state index contributed by atoms with van der Waals surface area (Å²) in [6.07, 6.45) is 2.64. The van der Waals surface area contributed by atoms with Crippen LogP contribution >= 0.6 is 0 Å². The van der Waals surface area contributed by atoms with Gasteiger partial charge in [-0.1, -0.05) is 0 Å². The minimum absolute atomic E-state index is 0. The molecule has 144 valence electrons. The number of hydrogen-bond acceptors (Lipinski definition) is 0. The van der Waals surface area contributed by atoms with Crippen molar-refractivity contribution in [2.75, 3.05) is 0 Å². The summed E-state index contributed by atoms with van der Waals surface area (Å²) in [6, 6.07) is 0. The molecule has 0 saturated heterocycles. The summed E-state index contributed by atoms with van der Waals surface area (Å²) in [7, 11) is -1.65. The smallest absolute Gasteiger partial charge is 1.00 e. The summed E-state index contributed by atoms with van der Waals surface area (Å²) < 4.78 is 3.83. The second-order valence-electron chi connectivity index (χ2n) is 10.5.